The normalized spacial score (nSPS) is 13.9. The van der Waals surface area contributed by atoms with E-state index >= 15 is 0 Å². The predicted octanol–water partition coefficient (Wildman–Crippen LogP) is 0.722. The molecular weight excluding hydrogens is 254 g/mol. The van der Waals surface area contributed by atoms with Gasteiger partial charge in [-0.2, -0.15) is 0 Å². The third-order valence-electron chi connectivity index (χ3n) is 2.79. The molecule has 0 fully saturated rings. The summed E-state index contributed by atoms with van der Waals surface area (Å²) >= 11 is 0. The van der Waals surface area contributed by atoms with Gasteiger partial charge in [0, 0.05) is 19.0 Å². The summed E-state index contributed by atoms with van der Waals surface area (Å²) in [4.78, 5) is 11.0. The lowest BCUT2D eigenvalue weighted by Crippen LogP contribution is -2.44. The lowest BCUT2D eigenvalue weighted by atomic mass is 10.0. The maximum atomic E-state index is 13.4. The van der Waals surface area contributed by atoms with Crippen LogP contribution < -0.4 is 11.1 Å². The van der Waals surface area contributed by atoms with Crippen LogP contribution in [0.15, 0.2) is 18.2 Å². The average molecular weight is 272 g/mol. The molecule has 0 bridgehead atoms. The van der Waals surface area contributed by atoms with Crippen LogP contribution in [0.2, 0.25) is 0 Å². The first-order valence-electron chi connectivity index (χ1n) is 6.08. The van der Waals surface area contributed by atoms with Crippen molar-refractivity contribution in [2.75, 3.05) is 6.54 Å². The number of benzene rings is 1. The second kappa shape index (κ2) is 7.16. The first kappa shape index (κ1) is 15.5. The van der Waals surface area contributed by atoms with Crippen molar-refractivity contribution in [3.63, 3.8) is 0 Å². The number of nitrogens with two attached hydrogens (primary N) is 1. The van der Waals surface area contributed by atoms with Crippen molar-refractivity contribution in [3.05, 3.63) is 35.4 Å². The van der Waals surface area contributed by atoms with E-state index in [2.05, 4.69) is 5.32 Å². The van der Waals surface area contributed by atoms with Crippen molar-refractivity contribution >= 4 is 5.91 Å². The molecule has 2 unspecified atom stereocenters. The Balaban J connectivity index is 2.56. The number of carbonyl (C=O) groups is 1. The number of aliphatic hydroxyl groups excluding tert-OH is 1. The highest BCUT2D eigenvalue weighted by atomic mass is 19.1. The molecule has 4 N–H and O–H groups in total. The van der Waals surface area contributed by atoms with E-state index in [9.17, 15) is 18.7 Å². The Labute approximate surface area is 110 Å². The number of hydrogen-bond acceptors (Lipinski definition) is 3. The quantitative estimate of drug-likeness (QED) is 0.714. The molecule has 0 aliphatic rings. The number of nitrogens with one attached hydrogen (secondary N) is 1. The first-order valence-corrected chi connectivity index (χ1v) is 6.08. The van der Waals surface area contributed by atoms with Crippen LogP contribution in [-0.2, 0) is 11.2 Å². The van der Waals surface area contributed by atoms with Crippen LogP contribution in [0, 0.1) is 11.6 Å². The second-order valence-corrected chi connectivity index (χ2v) is 4.33. The van der Waals surface area contributed by atoms with Gasteiger partial charge in [-0.15, -0.1) is 0 Å². The standard InChI is InChI=1S/C13H18F2N2O2/c1-2-13(19)17-7-12(18)11(16)6-8-5-9(14)3-4-10(8)15/h3-5,11-12,18H,2,6-7,16H2,1H3,(H,17,19). The molecular formula is C13H18F2N2O2. The molecule has 0 aromatic heterocycles. The van der Waals surface area contributed by atoms with E-state index in [1.807, 2.05) is 0 Å². The first-order chi connectivity index (χ1) is 8.93. The molecule has 0 radical (unpaired) electrons. The Kier molecular flexibility index (Phi) is 5.85. The van der Waals surface area contributed by atoms with Crippen LogP contribution in [0.1, 0.15) is 18.9 Å². The maximum absolute atomic E-state index is 13.4. The molecule has 1 amide bonds. The van der Waals surface area contributed by atoms with Crippen LogP contribution >= 0.6 is 0 Å². The van der Waals surface area contributed by atoms with Gasteiger partial charge in [-0.25, -0.2) is 8.78 Å². The van der Waals surface area contributed by atoms with Crippen molar-refractivity contribution in [1.82, 2.24) is 5.32 Å². The molecule has 6 heteroatoms. The van der Waals surface area contributed by atoms with E-state index in [1.165, 1.54) is 0 Å². The van der Waals surface area contributed by atoms with E-state index in [4.69, 9.17) is 5.73 Å². The summed E-state index contributed by atoms with van der Waals surface area (Å²) in [6.07, 6.45) is -0.717. The largest absolute Gasteiger partial charge is 0.390 e. The molecule has 0 saturated heterocycles. The number of aliphatic hydroxyl groups is 1. The zero-order chi connectivity index (χ0) is 14.4. The Bertz CT molecular complexity index is 441. The van der Waals surface area contributed by atoms with Crippen LogP contribution in [0.4, 0.5) is 8.78 Å². The number of halogens is 2. The summed E-state index contributed by atoms with van der Waals surface area (Å²) in [5.41, 5.74) is 5.81. The topological polar surface area (TPSA) is 75.3 Å². The fourth-order valence-electron chi connectivity index (χ4n) is 1.58. The van der Waals surface area contributed by atoms with E-state index in [-0.39, 0.29) is 24.4 Å². The van der Waals surface area contributed by atoms with Gasteiger partial charge in [-0.1, -0.05) is 6.92 Å². The minimum Gasteiger partial charge on any atom is -0.390 e. The van der Waals surface area contributed by atoms with Crippen molar-refractivity contribution in [2.24, 2.45) is 5.73 Å². The highest BCUT2D eigenvalue weighted by Gasteiger charge is 2.18. The van der Waals surface area contributed by atoms with Gasteiger partial charge < -0.3 is 16.2 Å². The number of carbonyl (C=O) groups excluding carboxylic acids is 1. The van der Waals surface area contributed by atoms with Gasteiger partial charge >= 0.3 is 0 Å². The fourth-order valence-corrected chi connectivity index (χ4v) is 1.58. The molecule has 1 aromatic rings. The number of amides is 1. The molecule has 2 atom stereocenters. The van der Waals surface area contributed by atoms with Gasteiger partial charge in [0.25, 0.3) is 0 Å². The number of rotatable bonds is 6. The van der Waals surface area contributed by atoms with Gasteiger partial charge in [-0.05, 0) is 30.2 Å². The molecule has 0 aliphatic carbocycles. The second-order valence-electron chi connectivity index (χ2n) is 4.33. The molecule has 4 nitrogen and oxygen atoms in total. The lowest BCUT2D eigenvalue weighted by molar-refractivity contribution is -0.121. The monoisotopic (exact) mass is 272 g/mol. The van der Waals surface area contributed by atoms with E-state index in [1.54, 1.807) is 6.92 Å². The zero-order valence-corrected chi connectivity index (χ0v) is 10.7. The summed E-state index contributed by atoms with van der Waals surface area (Å²) in [5, 5.41) is 12.2. The van der Waals surface area contributed by atoms with Gasteiger partial charge in [0.2, 0.25) is 5.91 Å². The van der Waals surface area contributed by atoms with E-state index in [0.29, 0.717) is 6.42 Å². The van der Waals surface area contributed by atoms with Gasteiger partial charge in [0.1, 0.15) is 11.6 Å². The maximum Gasteiger partial charge on any atom is 0.219 e. The van der Waals surface area contributed by atoms with Crippen molar-refractivity contribution in [3.8, 4) is 0 Å². The summed E-state index contributed by atoms with van der Waals surface area (Å²) in [5.74, 6) is -1.33. The van der Waals surface area contributed by atoms with Crippen molar-refractivity contribution in [2.45, 2.75) is 31.9 Å². The summed E-state index contributed by atoms with van der Waals surface area (Å²) < 4.78 is 26.4. The van der Waals surface area contributed by atoms with Crippen LogP contribution in [0.3, 0.4) is 0 Å². The van der Waals surface area contributed by atoms with E-state index in [0.717, 1.165) is 18.2 Å². The lowest BCUT2D eigenvalue weighted by Gasteiger charge is -2.19. The van der Waals surface area contributed by atoms with Gasteiger partial charge in [0.05, 0.1) is 6.10 Å². The van der Waals surface area contributed by atoms with Crippen LogP contribution in [0.25, 0.3) is 0 Å². The van der Waals surface area contributed by atoms with Crippen LogP contribution in [0.5, 0.6) is 0 Å². The Morgan fingerprint density at radius 3 is 2.79 bits per heavy atom. The third-order valence-corrected chi connectivity index (χ3v) is 2.79. The molecule has 19 heavy (non-hydrogen) atoms. The Hall–Kier alpha value is -1.53. The zero-order valence-electron chi connectivity index (χ0n) is 10.7. The Morgan fingerprint density at radius 1 is 1.47 bits per heavy atom. The highest BCUT2D eigenvalue weighted by Crippen LogP contribution is 2.12. The summed E-state index contributed by atoms with van der Waals surface area (Å²) in [6.45, 7) is 1.68. The molecule has 0 saturated carbocycles. The summed E-state index contributed by atoms with van der Waals surface area (Å²) in [6, 6.07) is 2.30. The van der Waals surface area contributed by atoms with Crippen molar-refractivity contribution in [1.29, 1.82) is 0 Å². The SMILES string of the molecule is CCC(=O)NCC(O)C(N)Cc1cc(F)ccc1F. The number of hydrogen-bond donors (Lipinski definition) is 3. The predicted molar refractivity (Wildman–Crippen MR) is 67.3 cm³/mol. The smallest absolute Gasteiger partial charge is 0.219 e. The van der Waals surface area contributed by atoms with Gasteiger partial charge in [-0.3, -0.25) is 4.79 Å². The molecule has 1 rings (SSSR count). The molecule has 0 aliphatic heterocycles. The molecule has 106 valence electrons. The summed E-state index contributed by atoms with van der Waals surface area (Å²) in [7, 11) is 0. The highest BCUT2D eigenvalue weighted by molar-refractivity contribution is 5.75. The fraction of sp³-hybridized carbons (Fsp3) is 0.462. The van der Waals surface area contributed by atoms with Crippen LogP contribution in [-0.4, -0.2) is 29.7 Å². The van der Waals surface area contributed by atoms with E-state index < -0.39 is 23.8 Å². The molecule has 0 spiro atoms. The Morgan fingerprint density at radius 2 is 2.16 bits per heavy atom. The van der Waals surface area contributed by atoms with Gasteiger partial charge in [0.15, 0.2) is 0 Å². The third kappa shape index (κ3) is 4.92. The van der Waals surface area contributed by atoms with Crippen molar-refractivity contribution < 1.29 is 18.7 Å². The minimum absolute atomic E-state index is 0.00719. The minimum atomic E-state index is -1.02. The average Bonchev–Trinajstić information content (AvgIpc) is 2.39. The molecule has 1 aromatic carbocycles. The molecule has 0 heterocycles.